The lowest BCUT2D eigenvalue weighted by Gasteiger charge is -2.08. The zero-order chi connectivity index (χ0) is 18.9. The molecule has 0 unspecified atom stereocenters. The summed E-state index contributed by atoms with van der Waals surface area (Å²) in [5.74, 6) is -0.186. The maximum atomic E-state index is 12.8. The van der Waals surface area contributed by atoms with Crippen LogP contribution in [0.25, 0.3) is 27.6 Å². The maximum Gasteiger partial charge on any atom is 0.255 e. The van der Waals surface area contributed by atoms with E-state index in [1.165, 1.54) is 0 Å². The average Bonchev–Trinajstić information content (AvgIpc) is 3.18. The van der Waals surface area contributed by atoms with Gasteiger partial charge in [0.25, 0.3) is 5.91 Å². The van der Waals surface area contributed by atoms with Crippen LogP contribution in [-0.2, 0) is 0 Å². The summed E-state index contributed by atoms with van der Waals surface area (Å²) in [5, 5.41) is 3.95. The molecule has 0 spiro atoms. The fraction of sp³-hybridized carbons (Fsp3) is 0. The van der Waals surface area contributed by atoms with E-state index in [9.17, 15) is 4.79 Å². The number of pyridine rings is 1. The molecule has 2 aromatic heterocycles. The summed E-state index contributed by atoms with van der Waals surface area (Å²) in [7, 11) is 0. The predicted octanol–water partition coefficient (Wildman–Crippen LogP) is 4.83. The van der Waals surface area contributed by atoms with Gasteiger partial charge in [-0.1, -0.05) is 36.4 Å². The van der Waals surface area contributed by atoms with Crippen LogP contribution in [0.4, 0.5) is 5.69 Å². The zero-order valence-electron chi connectivity index (χ0n) is 14.9. The number of hydrogen-bond donors (Lipinski definition) is 1. The van der Waals surface area contributed by atoms with E-state index in [0.29, 0.717) is 11.3 Å². The van der Waals surface area contributed by atoms with Crippen LogP contribution in [-0.4, -0.2) is 20.4 Å². The van der Waals surface area contributed by atoms with Gasteiger partial charge in [-0.05, 0) is 42.5 Å². The maximum absolute atomic E-state index is 12.8. The average molecular weight is 364 g/mol. The highest BCUT2D eigenvalue weighted by Crippen LogP contribution is 2.23. The number of carbonyl (C=O) groups excluding carboxylic acids is 1. The van der Waals surface area contributed by atoms with Crippen LogP contribution in [0.1, 0.15) is 10.4 Å². The van der Waals surface area contributed by atoms with E-state index in [4.69, 9.17) is 0 Å². The number of amides is 1. The predicted molar refractivity (Wildman–Crippen MR) is 111 cm³/mol. The molecule has 0 saturated carbocycles. The number of imidazole rings is 1. The van der Waals surface area contributed by atoms with Gasteiger partial charge in [-0.3, -0.25) is 14.3 Å². The molecule has 28 heavy (non-hydrogen) atoms. The Kier molecular flexibility index (Phi) is 3.84. The Morgan fingerprint density at radius 3 is 2.61 bits per heavy atom. The third kappa shape index (κ3) is 2.79. The lowest BCUT2D eigenvalue weighted by molar-refractivity contribution is 0.102. The van der Waals surface area contributed by atoms with Gasteiger partial charge in [-0.15, -0.1) is 0 Å². The minimum Gasteiger partial charge on any atom is -0.320 e. The monoisotopic (exact) mass is 364 g/mol. The number of nitrogens with one attached hydrogen (secondary N) is 1. The van der Waals surface area contributed by atoms with Crippen LogP contribution in [0.2, 0.25) is 0 Å². The minimum atomic E-state index is -0.186. The minimum absolute atomic E-state index is 0.186. The van der Waals surface area contributed by atoms with Crippen LogP contribution in [0.15, 0.2) is 91.4 Å². The van der Waals surface area contributed by atoms with E-state index < -0.39 is 0 Å². The first-order valence-electron chi connectivity index (χ1n) is 8.97. The van der Waals surface area contributed by atoms with Crippen LogP contribution in [0.3, 0.4) is 0 Å². The molecule has 5 aromatic rings. The van der Waals surface area contributed by atoms with Gasteiger partial charge in [0, 0.05) is 22.8 Å². The van der Waals surface area contributed by atoms with Crippen molar-refractivity contribution in [3.63, 3.8) is 0 Å². The molecular formula is C23H16N4O. The Labute approximate surface area is 161 Å². The molecule has 0 radical (unpaired) electrons. The third-order valence-corrected chi connectivity index (χ3v) is 4.72. The molecule has 3 aromatic carbocycles. The molecule has 0 aliphatic heterocycles. The summed E-state index contributed by atoms with van der Waals surface area (Å²) < 4.78 is 2.01. The van der Waals surface area contributed by atoms with Crippen LogP contribution in [0.5, 0.6) is 0 Å². The Morgan fingerprint density at radius 1 is 0.857 bits per heavy atom. The van der Waals surface area contributed by atoms with Crippen molar-refractivity contribution in [2.24, 2.45) is 0 Å². The Bertz CT molecular complexity index is 1300. The normalized spacial score (nSPS) is 11.0. The van der Waals surface area contributed by atoms with Gasteiger partial charge in [-0.2, -0.15) is 0 Å². The van der Waals surface area contributed by atoms with Crippen LogP contribution >= 0.6 is 0 Å². The number of anilines is 1. The number of carbonyl (C=O) groups is 1. The Hall–Kier alpha value is -3.99. The highest BCUT2D eigenvalue weighted by Gasteiger charge is 2.12. The fourth-order valence-electron chi connectivity index (χ4n) is 3.35. The summed E-state index contributed by atoms with van der Waals surface area (Å²) in [6, 6.07) is 25.1. The molecule has 0 aliphatic carbocycles. The molecular weight excluding hydrogens is 348 g/mol. The molecule has 5 rings (SSSR count). The van der Waals surface area contributed by atoms with Gasteiger partial charge in [0.05, 0.1) is 22.2 Å². The summed E-state index contributed by atoms with van der Waals surface area (Å²) >= 11 is 0. The second-order valence-corrected chi connectivity index (χ2v) is 6.49. The first-order chi connectivity index (χ1) is 13.8. The number of hydrogen-bond acceptors (Lipinski definition) is 3. The summed E-state index contributed by atoms with van der Waals surface area (Å²) in [6.07, 6.45) is 3.50. The van der Waals surface area contributed by atoms with Crippen molar-refractivity contribution >= 4 is 33.5 Å². The van der Waals surface area contributed by atoms with Gasteiger partial charge in [0.15, 0.2) is 0 Å². The molecule has 0 aliphatic rings. The topological polar surface area (TPSA) is 59.8 Å². The third-order valence-electron chi connectivity index (χ3n) is 4.72. The van der Waals surface area contributed by atoms with Crippen LogP contribution < -0.4 is 5.32 Å². The lowest BCUT2D eigenvalue weighted by atomic mass is 10.1. The van der Waals surface area contributed by atoms with E-state index >= 15 is 0 Å². The summed E-state index contributed by atoms with van der Waals surface area (Å²) in [6.45, 7) is 0. The Balaban J connectivity index is 1.48. The lowest BCUT2D eigenvalue weighted by Crippen LogP contribution is -2.12. The Morgan fingerprint density at radius 2 is 1.71 bits per heavy atom. The summed E-state index contributed by atoms with van der Waals surface area (Å²) in [4.78, 5) is 21.7. The summed E-state index contributed by atoms with van der Waals surface area (Å²) in [5.41, 5.74) is 4.77. The molecule has 0 fully saturated rings. The number of fused-ring (bicyclic) bond motifs is 2. The smallest absolute Gasteiger partial charge is 0.255 e. The van der Waals surface area contributed by atoms with Crippen molar-refractivity contribution in [1.29, 1.82) is 0 Å². The first-order valence-corrected chi connectivity index (χ1v) is 8.97. The van der Waals surface area contributed by atoms with Gasteiger partial charge in [0.2, 0.25) is 0 Å². The quantitative estimate of drug-likeness (QED) is 0.499. The molecule has 5 nitrogen and oxygen atoms in total. The molecule has 0 bridgehead atoms. The zero-order valence-corrected chi connectivity index (χ0v) is 14.9. The van der Waals surface area contributed by atoms with E-state index in [0.717, 1.165) is 27.6 Å². The second kappa shape index (κ2) is 6.63. The standard InChI is InChI=1S/C23H16N4O/c28-23(26-19-10-4-6-16-7-5-13-24-22(16)19)17-11-12-21-20(14-17)25-15-27(21)18-8-2-1-3-9-18/h1-15H,(H,26,28). The molecule has 2 heterocycles. The van der Waals surface area contributed by atoms with Crippen molar-refractivity contribution in [2.45, 2.75) is 0 Å². The van der Waals surface area contributed by atoms with Crippen molar-refractivity contribution in [3.05, 3.63) is 97.0 Å². The van der Waals surface area contributed by atoms with Crippen molar-refractivity contribution < 1.29 is 4.79 Å². The SMILES string of the molecule is O=C(Nc1cccc2cccnc12)c1ccc2c(c1)ncn2-c1ccccc1. The van der Waals surface area contributed by atoms with Gasteiger partial charge < -0.3 is 5.32 Å². The van der Waals surface area contributed by atoms with E-state index in [2.05, 4.69) is 15.3 Å². The van der Waals surface area contributed by atoms with Crippen molar-refractivity contribution in [1.82, 2.24) is 14.5 Å². The largest absolute Gasteiger partial charge is 0.320 e. The van der Waals surface area contributed by atoms with Crippen LogP contribution in [0, 0.1) is 0 Å². The molecule has 0 atom stereocenters. The number of para-hydroxylation sites is 2. The molecule has 1 N–H and O–H groups in total. The second-order valence-electron chi connectivity index (χ2n) is 6.49. The van der Waals surface area contributed by atoms with E-state index in [1.54, 1.807) is 12.5 Å². The number of nitrogens with zero attached hydrogens (tertiary/aromatic N) is 3. The van der Waals surface area contributed by atoms with Crippen molar-refractivity contribution in [2.75, 3.05) is 5.32 Å². The highest BCUT2D eigenvalue weighted by atomic mass is 16.1. The molecule has 134 valence electrons. The van der Waals surface area contributed by atoms with Gasteiger partial charge in [0.1, 0.15) is 6.33 Å². The molecule has 1 amide bonds. The number of rotatable bonds is 3. The molecule has 5 heteroatoms. The van der Waals surface area contributed by atoms with Gasteiger partial charge in [-0.25, -0.2) is 4.98 Å². The van der Waals surface area contributed by atoms with Crippen molar-refractivity contribution in [3.8, 4) is 5.69 Å². The van der Waals surface area contributed by atoms with E-state index in [1.807, 2.05) is 83.4 Å². The highest BCUT2D eigenvalue weighted by molar-refractivity contribution is 6.09. The number of benzene rings is 3. The fourth-order valence-corrected chi connectivity index (χ4v) is 3.35. The first kappa shape index (κ1) is 16.2. The molecule has 0 saturated heterocycles. The van der Waals surface area contributed by atoms with E-state index in [-0.39, 0.29) is 5.91 Å². The number of aromatic nitrogens is 3. The van der Waals surface area contributed by atoms with Gasteiger partial charge >= 0.3 is 0 Å².